The average molecular weight is 279 g/mol. The fraction of sp³-hybridized carbons (Fsp3) is 0.133. The molecule has 0 amide bonds. The van der Waals surface area contributed by atoms with E-state index in [2.05, 4.69) is 37.7 Å². The summed E-state index contributed by atoms with van der Waals surface area (Å²) in [5.41, 5.74) is 2.11. The molecular weight excluding hydrogens is 266 g/mol. The minimum absolute atomic E-state index is 0.705. The Hall–Kier alpha value is -2.89. The number of nitrogens with one attached hydrogen (secondary N) is 1. The van der Waals surface area contributed by atoms with Crippen molar-refractivity contribution in [3.8, 4) is 11.5 Å². The lowest BCUT2D eigenvalue weighted by molar-refractivity contribution is 0.473. The molecule has 6 nitrogen and oxygen atoms in total. The van der Waals surface area contributed by atoms with Crippen molar-refractivity contribution in [1.82, 2.24) is 20.6 Å². The fourth-order valence-corrected chi connectivity index (χ4v) is 2.52. The van der Waals surface area contributed by atoms with E-state index in [1.54, 1.807) is 0 Å². The number of fused-ring (bicyclic) bond motifs is 2. The maximum absolute atomic E-state index is 5.95. The number of H-pyrrole nitrogens is 1. The van der Waals surface area contributed by atoms with Crippen molar-refractivity contribution in [3.63, 3.8) is 0 Å². The van der Waals surface area contributed by atoms with Gasteiger partial charge in [-0.15, -0.1) is 10.2 Å². The van der Waals surface area contributed by atoms with Crippen LogP contribution in [0.2, 0.25) is 0 Å². The highest BCUT2D eigenvalue weighted by Crippen LogP contribution is 2.45. The monoisotopic (exact) mass is 279 g/mol. The quantitative estimate of drug-likeness (QED) is 0.798. The van der Waals surface area contributed by atoms with Crippen molar-refractivity contribution in [2.24, 2.45) is 0 Å². The zero-order valence-electron chi connectivity index (χ0n) is 11.2. The van der Waals surface area contributed by atoms with Gasteiger partial charge in [-0.05, 0) is 24.3 Å². The first-order valence-electron chi connectivity index (χ1n) is 6.77. The summed E-state index contributed by atoms with van der Waals surface area (Å²) in [6.45, 7) is 0.761. The lowest BCUT2D eigenvalue weighted by atomic mass is 10.1. The molecule has 3 aromatic rings. The average Bonchev–Trinajstić information content (AvgIpc) is 3.05. The molecule has 1 aliphatic heterocycles. The highest BCUT2D eigenvalue weighted by atomic mass is 16.5. The van der Waals surface area contributed by atoms with Gasteiger partial charge in [-0.25, -0.2) is 0 Å². The number of aromatic amines is 1. The Balaban J connectivity index is 1.71. The van der Waals surface area contributed by atoms with Gasteiger partial charge in [-0.2, -0.15) is 5.21 Å². The molecule has 0 fully saturated rings. The van der Waals surface area contributed by atoms with Gasteiger partial charge in [-0.1, -0.05) is 29.5 Å². The summed E-state index contributed by atoms with van der Waals surface area (Å²) >= 11 is 0. The number of ether oxygens (including phenoxy) is 1. The molecule has 0 saturated carbocycles. The first kappa shape index (κ1) is 11.9. The second-order valence-electron chi connectivity index (χ2n) is 4.77. The van der Waals surface area contributed by atoms with Crippen LogP contribution in [-0.2, 0) is 6.42 Å². The molecule has 4 rings (SSSR count). The Morgan fingerprint density at radius 3 is 2.24 bits per heavy atom. The van der Waals surface area contributed by atoms with Crippen molar-refractivity contribution < 1.29 is 4.74 Å². The summed E-state index contributed by atoms with van der Waals surface area (Å²) in [5, 5.41) is 14.1. The minimum atomic E-state index is 0.705. The first-order valence-corrected chi connectivity index (χ1v) is 6.77. The van der Waals surface area contributed by atoms with Gasteiger partial charge < -0.3 is 9.64 Å². The third kappa shape index (κ3) is 2.10. The Morgan fingerprint density at radius 2 is 1.62 bits per heavy atom. The van der Waals surface area contributed by atoms with E-state index in [1.165, 1.54) is 0 Å². The smallest absolute Gasteiger partial charge is 0.176 e. The molecule has 104 valence electrons. The number of benzene rings is 2. The molecule has 0 saturated heterocycles. The van der Waals surface area contributed by atoms with Gasteiger partial charge in [-0.3, -0.25) is 0 Å². The Bertz CT molecular complexity index is 711. The molecule has 0 bridgehead atoms. The van der Waals surface area contributed by atoms with E-state index in [0.717, 1.165) is 29.4 Å². The zero-order chi connectivity index (χ0) is 14.1. The standard InChI is InChI=1S/C15H13N5O/c1-3-7-13-11(5-1)20(10-9-15-16-18-19-17-15)12-6-2-4-8-14(12)21-13/h1-8H,9-10H2,(H,16,17,18,19). The predicted octanol–water partition coefficient (Wildman–Crippen LogP) is 2.69. The van der Waals surface area contributed by atoms with Crippen molar-refractivity contribution in [2.45, 2.75) is 6.42 Å². The first-order chi connectivity index (χ1) is 10.4. The van der Waals surface area contributed by atoms with Crippen LogP contribution < -0.4 is 9.64 Å². The molecule has 0 aliphatic carbocycles. The number of hydrogen-bond donors (Lipinski definition) is 1. The lowest BCUT2D eigenvalue weighted by Gasteiger charge is -2.32. The van der Waals surface area contributed by atoms with E-state index in [9.17, 15) is 0 Å². The van der Waals surface area contributed by atoms with Gasteiger partial charge in [0.15, 0.2) is 17.3 Å². The van der Waals surface area contributed by atoms with Crippen molar-refractivity contribution >= 4 is 11.4 Å². The Labute approximate surface area is 121 Å². The van der Waals surface area contributed by atoms with Crippen LogP contribution in [0.3, 0.4) is 0 Å². The molecular formula is C15H13N5O. The summed E-state index contributed by atoms with van der Waals surface area (Å²) in [4.78, 5) is 2.23. The normalized spacial score (nSPS) is 12.5. The van der Waals surface area contributed by atoms with Gasteiger partial charge >= 0.3 is 0 Å². The third-order valence-corrected chi connectivity index (χ3v) is 3.48. The molecule has 2 heterocycles. The molecule has 6 heteroatoms. The van der Waals surface area contributed by atoms with Gasteiger partial charge in [0, 0.05) is 13.0 Å². The maximum atomic E-state index is 5.95. The summed E-state index contributed by atoms with van der Waals surface area (Å²) < 4.78 is 5.95. The highest BCUT2D eigenvalue weighted by Gasteiger charge is 2.23. The highest BCUT2D eigenvalue weighted by molar-refractivity contribution is 5.77. The van der Waals surface area contributed by atoms with Crippen molar-refractivity contribution in [2.75, 3.05) is 11.4 Å². The molecule has 0 atom stereocenters. The van der Waals surface area contributed by atoms with Gasteiger partial charge in [0.2, 0.25) is 0 Å². The number of tetrazole rings is 1. The summed E-state index contributed by atoms with van der Waals surface area (Å²) in [6.07, 6.45) is 0.708. The SMILES string of the molecule is c1ccc2c(c1)Oc1ccccc1N2CCc1nn[nH]n1. The molecule has 21 heavy (non-hydrogen) atoms. The van der Waals surface area contributed by atoms with Gasteiger partial charge in [0.1, 0.15) is 0 Å². The fourth-order valence-electron chi connectivity index (χ4n) is 2.52. The molecule has 1 N–H and O–H groups in total. The van der Waals surface area contributed by atoms with E-state index < -0.39 is 0 Å². The van der Waals surface area contributed by atoms with E-state index in [1.807, 2.05) is 36.4 Å². The zero-order valence-corrected chi connectivity index (χ0v) is 11.2. The molecule has 0 spiro atoms. The largest absolute Gasteiger partial charge is 0.453 e. The second kappa shape index (κ2) is 4.90. The van der Waals surface area contributed by atoms with Gasteiger partial charge in [0.05, 0.1) is 11.4 Å². The van der Waals surface area contributed by atoms with Crippen LogP contribution in [0.5, 0.6) is 11.5 Å². The van der Waals surface area contributed by atoms with Crippen LogP contribution in [0.15, 0.2) is 48.5 Å². The summed E-state index contributed by atoms with van der Waals surface area (Å²) in [6, 6.07) is 16.0. The molecule has 1 aromatic heterocycles. The topological polar surface area (TPSA) is 66.9 Å². The molecule has 0 unspecified atom stereocenters. The molecule has 0 radical (unpaired) electrons. The number of rotatable bonds is 3. The van der Waals surface area contributed by atoms with Crippen LogP contribution in [-0.4, -0.2) is 27.2 Å². The van der Waals surface area contributed by atoms with Crippen molar-refractivity contribution in [3.05, 3.63) is 54.4 Å². The number of nitrogens with zero attached hydrogens (tertiary/aromatic N) is 4. The van der Waals surface area contributed by atoms with E-state index in [-0.39, 0.29) is 0 Å². The predicted molar refractivity (Wildman–Crippen MR) is 77.8 cm³/mol. The minimum Gasteiger partial charge on any atom is -0.453 e. The second-order valence-corrected chi connectivity index (χ2v) is 4.77. The van der Waals surface area contributed by atoms with E-state index >= 15 is 0 Å². The van der Waals surface area contributed by atoms with Crippen LogP contribution in [0.1, 0.15) is 5.82 Å². The van der Waals surface area contributed by atoms with Crippen LogP contribution in [0.25, 0.3) is 0 Å². The van der Waals surface area contributed by atoms with Crippen molar-refractivity contribution in [1.29, 1.82) is 0 Å². The number of aromatic nitrogens is 4. The summed E-state index contributed by atoms with van der Waals surface area (Å²) in [5.74, 6) is 2.44. The Morgan fingerprint density at radius 1 is 0.952 bits per heavy atom. The van der Waals surface area contributed by atoms with Crippen LogP contribution in [0, 0.1) is 0 Å². The third-order valence-electron chi connectivity index (χ3n) is 3.48. The maximum Gasteiger partial charge on any atom is 0.176 e. The summed E-state index contributed by atoms with van der Waals surface area (Å²) in [7, 11) is 0. The van der Waals surface area contributed by atoms with E-state index in [0.29, 0.717) is 12.2 Å². The molecule has 2 aromatic carbocycles. The Kier molecular flexibility index (Phi) is 2.77. The number of hydrogen-bond acceptors (Lipinski definition) is 5. The van der Waals surface area contributed by atoms with E-state index in [4.69, 9.17) is 4.74 Å². The van der Waals surface area contributed by atoms with Gasteiger partial charge in [0.25, 0.3) is 0 Å². The van der Waals surface area contributed by atoms with Crippen LogP contribution >= 0.6 is 0 Å². The van der Waals surface area contributed by atoms with Crippen LogP contribution in [0.4, 0.5) is 11.4 Å². The molecule has 1 aliphatic rings. The number of para-hydroxylation sites is 4. The number of anilines is 2. The lowest BCUT2D eigenvalue weighted by Crippen LogP contribution is -2.24.